The number of nitriles is 1. The number of hydrogen-bond donors (Lipinski definition) is 2. The lowest BCUT2D eigenvalue weighted by Gasteiger charge is -2.09. The van der Waals surface area contributed by atoms with Gasteiger partial charge in [0.25, 0.3) is 5.91 Å². The molecule has 6 heteroatoms. The molecule has 1 amide bonds. The number of halogens is 1. The normalized spacial score (nSPS) is 9.92. The number of carbonyl (C=O) groups excluding carboxylic acids is 1. The predicted molar refractivity (Wildman–Crippen MR) is 101 cm³/mol. The van der Waals surface area contributed by atoms with Gasteiger partial charge in [0.05, 0.1) is 11.3 Å². The minimum Gasteiger partial charge on any atom is -0.354 e. The fourth-order valence-corrected chi connectivity index (χ4v) is 2.47. The molecule has 3 rings (SSSR count). The van der Waals surface area contributed by atoms with Gasteiger partial charge in [0.2, 0.25) is 0 Å². The van der Waals surface area contributed by atoms with E-state index in [1.807, 2.05) is 18.2 Å². The highest BCUT2D eigenvalue weighted by molar-refractivity contribution is 9.10. The molecule has 0 saturated heterocycles. The molecule has 2 N–H and O–H groups in total. The van der Waals surface area contributed by atoms with E-state index in [0.29, 0.717) is 22.6 Å². The van der Waals surface area contributed by atoms with Gasteiger partial charge in [-0.15, -0.1) is 0 Å². The van der Waals surface area contributed by atoms with Crippen LogP contribution in [0.5, 0.6) is 0 Å². The maximum atomic E-state index is 12.4. The van der Waals surface area contributed by atoms with Crippen molar-refractivity contribution in [2.45, 2.75) is 0 Å². The van der Waals surface area contributed by atoms with Gasteiger partial charge in [-0.2, -0.15) is 5.26 Å². The van der Waals surface area contributed by atoms with Crippen LogP contribution < -0.4 is 10.6 Å². The fourth-order valence-electron chi connectivity index (χ4n) is 2.21. The van der Waals surface area contributed by atoms with Crippen LogP contribution in [0.25, 0.3) is 0 Å². The summed E-state index contributed by atoms with van der Waals surface area (Å²) in [6.07, 6.45) is 1.55. The van der Waals surface area contributed by atoms with Gasteiger partial charge in [0, 0.05) is 22.0 Å². The summed E-state index contributed by atoms with van der Waals surface area (Å²) in [5, 5.41) is 15.1. The Morgan fingerprint density at radius 2 is 1.80 bits per heavy atom. The average molecular weight is 393 g/mol. The summed E-state index contributed by atoms with van der Waals surface area (Å²) < 4.78 is 0.936. The first-order valence-electron chi connectivity index (χ1n) is 7.45. The van der Waals surface area contributed by atoms with Gasteiger partial charge in [-0.05, 0) is 48.5 Å². The highest BCUT2D eigenvalue weighted by Crippen LogP contribution is 2.21. The Morgan fingerprint density at radius 1 is 1.04 bits per heavy atom. The quantitative estimate of drug-likeness (QED) is 0.673. The second-order valence-corrected chi connectivity index (χ2v) is 6.09. The van der Waals surface area contributed by atoms with E-state index < -0.39 is 0 Å². The van der Waals surface area contributed by atoms with Crippen molar-refractivity contribution in [3.63, 3.8) is 0 Å². The van der Waals surface area contributed by atoms with Crippen molar-refractivity contribution in [3.8, 4) is 6.07 Å². The summed E-state index contributed by atoms with van der Waals surface area (Å²) in [6.45, 7) is 0. The molecule has 0 aliphatic carbocycles. The number of para-hydroxylation sites is 1. The average Bonchev–Trinajstić information content (AvgIpc) is 2.64. The van der Waals surface area contributed by atoms with E-state index >= 15 is 0 Å². The second-order valence-electron chi connectivity index (χ2n) is 5.17. The van der Waals surface area contributed by atoms with Gasteiger partial charge >= 0.3 is 0 Å². The van der Waals surface area contributed by atoms with Gasteiger partial charge in [0.15, 0.2) is 0 Å². The summed E-state index contributed by atoms with van der Waals surface area (Å²) in [4.78, 5) is 16.5. The molecule has 3 aromatic rings. The van der Waals surface area contributed by atoms with Gasteiger partial charge in [-0.25, -0.2) is 0 Å². The van der Waals surface area contributed by atoms with E-state index in [1.165, 1.54) is 0 Å². The summed E-state index contributed by atoms with van der Waals surface area (Å²) in [6, 6.07) is 20.0. The molecule has 2 aromatic carbocycles. The number of pyridine rings is 1. The van der Waals surface area contributed by atoms with E-state index in [4.69, 9.17) is 5.26 Å². The maximum absolute atomic E-state index is 12.4. The van der Waals surface area contributed by atoms with Gasteiger partial charge in [-0.1, -0.05) is 28.1 Å². The number of rotatable bonds is 4. The molecule has 25 heavy (non-hydrogen) atoms. The first kappa shape index (κ1) is 16.7. The van der Waals surface area contributed by atoms with E-state index in [9.17, 15) is 4.79 Å². The largest absolute Gasteiger partial charge is 0.354 e. The van der Waals surface area contributed by atoms with Crippen LogP contribution in [0.15, 0.2) is 71.3 Å². The number of amides is 1. The lowest BCUT2D eigenvalue weighted by atomic mass is 10.2. The van der Waals surface area contributed by atoms with E-state index in [0.717, 1.165) is 4.47 Å². The van der Waals surface area contributed by atoms with Crippen molar-refractivity contribution >= 4 is 38.9 Å². The Morgan fingerprint density at radius 3 is 2.56 bits per heavy atom. The van der Waals surface area contributed by atoms with Crippen molar-refractivity contribution in [2.75, 3.05) is 10.6 Å². The summed E-state index contributed by atoms with van der Waals surface area (Å²) in [5.41, 5.74) is 2.85. The second kappa shape index (κ2) is 7.60. The Hall–Kier alpha value is -3.17. The molecular formula is C19H13BrN4O. The van der Waals surface area contributed by atoms with E-state index in [1.54, 1.807) is 48.7 Å². The zero-order valence-corrected chi connectivity index (χ0v) is 14.6. The number of nitrogens with one attached hydrogen (secondary N) is 2. The number of nitrogens with zero attached hydrogens (tertiary/aromatic N) is 2. The molecule has 0 bridgehead atoms. The minimum absolute atomic E-state index is 0.280. The van der Waals surface area contributed by atoms with E-state index in [2.05, 4.69) is 37.6 Å². The molecule has 122 valence electrons. The summed E-state index contributed by atoms with van der Waals surface area (Å²) in [7, 11) is 0. The van der Waals surface area contributed by atoms with Crippen molar-refractivity contribution < 1.29 is 4.79 Å². The zero-order chi connectivity index (χ0) is 17.6. The first-order valence-corrected chi connectivity index (χ1v) is 8.24. The third kappa shape index (κ3) is 4.22. The molecule has 0 aliphatic heterocycles. The molecule has 0 saturated carbocycles. The van der Waals surface area contributed by atoms with Crippen LogP contribution in [-0.4, -0.2) is 10.9 Å². The molecule has 0 aliphatic rings. The van der Waals surface area contributed by atoms with Crippen molar-refractivity contribution in [3.05, 3.63) is 82.6 Å². The van der Waals surface area contributed by atoms with Crippen LogP contribution in [0.4, 0.5) is 17.1 Å². The van der Waals surface area contributed by atoms with Crippen LogP contribution in [-0.2, 0) is 0 Å². The van der Waals surface area contributed by atoms with Crippen molar-refractivity contribution in [2.24, 2.45) is 0 Å². The molecule has 1 heterocycles. The van der Waals surface area contributed by atoms with Crippen LogP contribution in [0, 0.1) is 11.3 Å². The monoisotopic (exact) mass is 392 g/mol. The van der Waals surface area contributed by atoms with Gasteiger partial charge in [-0.3, -0.25) is 9.78 Å². The predicted octanol–water partition coefficient (Wildman–Crippen LogP) is 4.71. The van der Waals surface area contributed by atoms with Crippen LogP contribution in [0.1, 0.15) is 16.1 Å². The fraction of sp³-hybridized carbons (Fsp3) is 0. The topological polar surface area (TPSA) is 77.8 Å². The number of carbonyl (C=O) groups is 1. The van der Waals surface area contributed by atoms with E-state index in [-0.39, 0.29) is 11.6 Å². The number of aromatic nitrogens is 1. The van der Waals surface area contributed by atoms with Crippen molar-refractivity contribution in [1.82, 2.24) is 4.98 Å². The van der Waals surface area contributed by atoms with Crippen LogP contribution in [0.2, 0.25) is 0 Å². The minimum atomic E-state index is -0.306. The lowest BCUT2D eigenvalue weighted by molar-refractivity contribution is 0.102. The van der Waals surface area contributed by atoms with Crippen molar-refractivity contribution in [1.29, 1.82) is 5.26 Å². The number of benzene rings is 2. The highest BCUT2D eigenvalue weighted by Gasteiger charge is 2.09. The SMILES string of the molecule is N#Cc1ccccc1Nc1ccnc(C(=O)Nc2ccc(Br)cc2)c1. The maximum Gasteiger partial charge on any atom is 0.274 e. The third-order valence-corrected chi connectivity index (χ3v) is 3.95. The Kier molecular flexibility index (Phi) is 5.07. The van der Waals surface area contributed by atoms with Crippen LogP contribution >= 0.6 is 15.9 Å². The Labute approximate surface area is 153 Å². The highest BCUT2D eigenvalue weighted by atomic mass is 79.9. The van der Waals surface area contributed by atoms with Crippen LogP contribution in [0.3, 0.4) is 0 Å². The Balaban J connectivity index is 1.78. The molecule has 0 fully saturated rings. The standard InChI is InChI=1S/C19H13BrN4O/c20-14-5-7-15(8-6-14)24-19(25)18-11-16(9-10-22-18)23-17-4-2-1-3-13(17)12-21/h1-11H,(H,22,23)(H,24,25). The van der Waals surface area contributed by atoms with Gasteiger partial charge in [0.1, 0.15) is 11.8 Å². The van der Waals surface area contributed by atoms with Gasteiger partial charge < -0.3 is 10.6 Å². The number of anilines is 3. The number of hydrogen-bond acceptors (Lipinski definition) is 4. The molecule has 0 spiro atoms. The molecule has 1 aromatic heterocycles. The summed E-state index contributed by atoms with van der Waals surface area (Å²) >= 11 is 3.35. The Bertz CT molecular complexity index is 948. The molecule has 0 unspecified atom stereocenters. The smallest absolute Gasteiger partial charge is 0.274 e. The zero-order valence-electron chi connectivity index (χ0n) is 13.0. The lowest BCUT2D eigenvalue weighted by Crippen LogP contribution is -2.13. The molecular weight excluding hydrogens is 380 g/mol. The first-order chi connectivity index (χ1) is 12.2. The summed E-state index contributed by atoms with van der Waals surface area (Å²) in [5.74, 6) is -0.306. The molecule has 5 nitrogen and oxygen atoms in total. The molecule has 0 radical (unpaired) electrons. The third-order valence-electron chi connectivity index (χ3n) is 3.42. The molecule has 0 atom stereocenters.